The molecule has 7 nitrogen and oxygen atoms in total. The molecule has 0 aromatic heterocycles. The molecular formula is C28H34O7. The number of hydrogen-bond donors (Lipinski definition) is 1. The Morgan fingerprint density at radius 2 is 1.86 bits per heavy atom. The molecule has 1 N–H and O–H groups in total. The number of hydrogen-bond acceptors (Lipinski definition) is 7. The van der Waals surface area contributed by atoms with E-state index in [-0.39, 0.29) is 31.8 Å². The number of ether oxygens (including phenoxy) is 4. The van der Waals surface area contributed by atoms with E-state index in [1.165, 1.54) is 12.7 Å². The van der Waals surface area contributed by atoms with Gasteiger partial charge in [0, 0.05) is 6.61 Å². The van der Waals surface area contributed by atoms with Gasteiger partial charge in [0.15, 0.2) is 6.61 Å². The lowest BCUT2D eigenvalue weighted by Gasteiger charge is -2.45. The highest BCUT2D eigenvalue weighted by Crippen LogP contribution is 2.47. The van der Waals surface area contributed by atoms with Crippen molar-refractivity contribution in [2.24, 2.45) is 17.8 Å². The highest BCUT2D eigenvalue weighted by Gasteiger charge is 2.43. The molecule has 0 aliphatic heterocycles. The van der Waals surface area contributed by atoms with Crippen molar-refractivity contribution in [3.8, 4) is 5.75 Å². The van der Waals surface area contributed by atoms with Gasteiger partial charge in [0.2, 0.25) is 0 Å². The average Bonchev–Trinajstić information content (AvgIpc) is 2.89. The molecular weight excluding hydrogens is 448 g/mol. The summed E-state index contributed by atoms with van der Waals surface area (Å²) in [6.07, 6.45) is 4.06. The van der Waals surface area contributed by atoms with Gasteiger partial charge >= 0.3 is 12.1 Å². The van der Waals surface area contributed by atoms with Crippen LogP contribution in [0.4, 0.5) is 4.79 Å². The van der Waals surface area contributed by atoms with E-state index in [0.29, 0.717) is 18.3 Å². The van der Waals surface area contributed by atoms with E-state index in [4.69, 9.17) is 18.9 Å². The van der Waals surface area contributed by atoms with E-state index in [1.54, 1.807) is 0 Å². The van der Waals surface area contributed by atoms with Crippen LogP contribution in [0.2, 0.25) is 0 Å². The lowest BCUT2D eigenvalue weighted by Crippen LogP contribution is -2.44. The van der Waals surface area contributed by atoms with Crippen molar-refractivity contribution in [1.82, 2.24) is 0 Å². The van der Waals surface area contributed by atoms with Crippen LogP contribution in [-0.2, 0) is 38.5 Å². The van der Waals surface area contributed by atoms with Crippen LogP contribution >= 0.6 is 0 Å². The maximum absolute atomic E-state index is 12.3. The van der Waals surface area contributed by atoms with Crippen molar-refractivity contribution in [3.05, 3.63) is 65.2 Å². The number of esters is 1. The Balaban J connectivity index is 1.41. The molecule has 1 unspecified atom stereocenters. The number of benzene rings is 2. The normalized spacial score (nSPS) is 22.9. The first-order valence-corrected chi connectivity index (χ1v) is 12.4. The summed E-state index contributed by atoms with van der Waals surface area (Å²) in [5, 5.41) is 9.42. The Morgan fingerprint density at radius 3 is 2.63 bits per heavy atom. The first kappa shape index (κ1) is 25.0. The molecule has 0 spiro atoms. The van der Waals surface area contributed by atoms with Crippen molar-refractivity contribution < 1.29 is 33.6 Å². The zero-order valence-corrected chi connectivity index (χ0v) is 20.2. The first-order chi connectivity index (χ1) is 17.1. The second kappa shape index (κ2) is 12.1. The van der Waals surface area contributed by atoms with Crippen molar-refractivity contribution in [3.63, 3.8) is 0 Å². The van der Waals surface area contributed by atoms with Gasteiger partial charge in [-0.3, -0.25) is 0 Å². The van der Waals surface area contributed by atoms with Crippen LogP contribution in [0.25, 0.3) is 0 Å². The number of carbonyl (C=O) groups is 2. The maximum atomic E-state index is 12.3. The summed E-state index contributed by atoms with van der Waals surface area (Å²) < 4.78 is 21.6. The fourth-order valence-corrected chi connectivity index (χ4v) is 5.65. The average molecular weight is 483 g/mol. The number of carbonyl (C=O) groups excluding carboxylic acids is 2. The monoisotopic (exact) mass is 482 g/mol. The number of methoxy groups -OCH3 is 1. The molecule has 2 aliphatic carbocycles. The molecule has 188 valence electrons. The second-order valence-electron chi connectivity index (χ2n) is 9.38. The van der Waals surface area contributed by atoms with E-state index < -0.39 is 12.1 Å². The molecule has 0 saturated heterocycles. The summed E-state index contributed by atoms with van der Waals surface area (Å²) in [4.78, 5) is 24.1. The van der Waals surface area contributed by atoms with E-state index >= 15 is 0 Å². The lowest BCUT2D eigenvalue weighted by molar-refractivity contribution is -0.147. The van der Waals surface area contributed by atoms with Crippen LogP contribution in [0, 0.1) is 17.8 Å². The highest BCUT2D eigenvalue weighted by molar-refractivity contribution is 5.71. The predicted molar refractivity (Wildman–Crippen MR) is 129 cm³/mol. The van der Waals surface area contributed by atoms with Gasteiger partial charge in [-0.15, -0.1) is 0 Å². The van der Waals surface area contributed by atoms with Gasteiger partial charge in [0.05, 0.1) is 7.11 Å². The smallest absolute Gasteiger partial charge is 0.482 e. The Morgan fingerprint density at radius 1 is 1.03 bits per heavy atom. The number of aliphatic hydroxyl groups is 1. The zero-order valence-electron chi connectivity index (χ0n) is 20.2. The molecule has 2 aromatic carbocycles. The minimum absolute atomic E-state index is 0.119. The van der Waals surface area contributed by atoms with E-state index in [0.717, 1.165) is 49.0 Å². The number of fused-ring (bicyclic) bond motifs is 2. The lowest BCUT2D eigenvalue weighted by atomic mass is 9.62. The van der Waals surface area contributed by atoms with Crippen molar-refractivity contribution in [1.29, 1.82) is 0 Å². The Kier molecular flexibility index (Phi) is 8.64. The molecule has 2 aliphatic rings. The van der Waals surface area contributed by atoms with Crippen LogP contribution < -0.4 is 4.74 Å². The molecule has 7 heteroatoms. The quantitative estimate of drug-likeness (QED) is 0.527. The van der Waals surface area contributed by atoms with Crippen LogP contribution in [-0.4, -0.2) is 43.7 Å². The van der Waals surface area contributed by atoms with Gasteiger partial charge in [-0.05, 0) is 79.0 Å². The summed E-state index contributed by atoms with van der Waals surface area (Å²) in [5.74, 6) is 1.29. The second-order valence-corrected chi connectivity index (χ2v) is 9.38. The minimum Gasteiger partial charge on any atom is -0.482 e. The van der Waals surface area contributed by atoms with Gasteiger partial charge in [-0.1, -0.05) is 42.5 Å². The standard InChI is InChI=1S/C28H34O7/c1-32-28(31)35-26-13-12-21-16-24-20(15-23(21)22(26)10-6-14-29)9-5-11-25(24)33-18-27(30)34-17-19-7-3-2-4-8-19/h2-5,7-9,11,21-23,26,29H,6,10,12-18H2,1H3/t21?,22-,23+,26-/m1/s1. The van der Waals surface area contributed by atoms with E-state index in [2.05, 4.69) is 6.07 Å². The SMILES string of the molecule is COC(=O)O[C@@H]1CCC2Cc3c(cccc3OCC(=O)OCc3ccccc3)C[C@@H]2[C@H]1CCCO. The largest absolute Gasteiger partial charge is 0.508 e. The van der Waals surface area contributed by atoms with Crippen LogP contribution in [0.1, 0.15) is 42.4 Å². The minimum atomic E-state index is -0.645. The van der Waals surface area contributed by atoms with Crippen molar-refractivity contribution in [2.75, 3.05) is 20.3 Å². The topological polar surface area (TPSA) is 91.3 Å². The van der Waals surface area contributed by atoms with Crippen LogP contribution in [0.3, 0.4) is 0 Å². The van der Waals surface area contributed by atoms with Gasteiger partial charge in [0.25, 0.3) is 0 Å². The molecule has 0 heterocycles. The number of rotatable bonds is 9. The molecule has 2 aromatic rings. The van der Waals surface area contributed by atoms with E-state index in [9.17, 15) is 14.7 Å². The molecule has 35 heavy (non-hydrogen) atoms. The Bertz CT molecular complexity index is 990. The van der Waals surface area contributed by atoms with Crippen molar-refractivity contribution in [2.45, 2.75) is 51.2 Å². The first-order valence-electron chi connectivity index (χ1n) is 12.4. The molecule has 1 saturated carbocycles. The van der Waals surface area contributed by atoms with Gasteiger partial charge in [0.1, 0.15) is 18.5 Å². The summed E-state index contributed by atoms with van der Waals surface area (Å²) in [6, 6.07) is 15.6. The fraction of sp³-hybridized carbons (Fsp3) is 0.500. The fourth-order valence-electron chi connectivity index (χ4n) is 5.65. The van der Waals surface area contributed by atoms with Crippen molar-refractivity contribution >= 4 is 12.1 Å². The Labute approximate surface area is 206 Å². The summed E-state index contributed by atoms with van der Waals surface area (Å²) in [5.41, 5.74) is 3.29. The molecule has 1 fully saturated rings. The predicted octanol–water partition coefficient (Wildman–Crippen LogP) is 4.47. The van der Waals surface area contributed by atoms with Crippen LogP contribution in [0.15, 0.2) is 48.5 Å². The molecule has 4 atom stereocenters. The summed E-state index contributed by atoms with van der Waals surface area (Å²) >= 11 is 0. The highest BCUT2D eigenvalue weighted by atomic mass is 16.7. The maximum Gasteiger partial charge on any atom is 0.508 e. The number of aliphatic hydroxyl groups excluding tert-OH is 1. The summed E-state index contributed by atoms with van der Waals surface area (Å²) in [7, 11) is 1.33. The van der Waals surface area contributed by atoms with Gasteiger partial charge in [-0.2, -0.15) is 0 Å². The third-order valence-corrected chi connectivity index (χ3v) is 7.30. The zero-order chi connectivity index (χ0) is 24.6. The van der Waals surface area contributed by atoms with Gasteiger partial charge < -0.3 is 24.1 Å². The summed E-state index contributed by atoms with van der Waals surface area (Å²) in [6.45, 7) is 0.211. The van der Waals surface area contributed by atoms with Gasteiger partial charge in [-0.25, -0.2) is 9.59 Å². The molecule has 0 amide bonds. The molecule has 0 bridgehead atoms. The van der Waals surface area contributed by atoms with Crippen LogP contribution in [0.5, 0.6) is 5.75 Å². The molecule has 4 rings (SSSR count). The molecule has 0 radical (unpaired) electrons. The van der Waals surface area contributed by atoms with E-state index in [1.807, 2.05) is 42.5 Å². The third-order valence-electron chi connectivity index (χ3n) is 7.30. The Hall–Kier alpha value is -3.06. The third kappa shape index (κ3) is 6.34.